The number of rotatable bonds is 3. The van der Waals surface area contributed by atoms with Crippen molar-refractivity contribution >= 4 is 27.5 Å². The molecule has 0 fully saturated rings. The molecule has 3 nitrogen and oxygen atoms in total. The summed E-state index contributed by atoms with van der Waals surface area (Å²) in [5, 5.41) is 2.98. The van der Waals surface area contributed by atoms with Gasteiger partial charge >= 0.3 is 0 Å². The quantitative estimate of drug-likeness (QED) is 0.839. The van der Waals surface area contributed by atoms with E-state index in [4.69, 9.17) is 5.73 Å². The molecular weight excluding hydrogens is 316 g/mol. The highest BCUT2D eigenvalue weighted by molar-refractivity contribution is 9.10. The third kappa shape index (κ3) is 3.20. The van der Waals surface area contributed by atoms with E-state index in [1.165, 1.54) is 0 Å². The van der Waals surface area contributed by atoms with Crippen molar-refractivity contribution in [3.63, 3.8) is 0 Å². The van der Waals surface area contributed by atoms with Crippen LogP contribution in [0.1, 0.15) is 34.5 Å². The standard InChI is InChI=1S/C16H17BrN2O/c1-10-7-8-12(9-15(10)18)16(20)19-11(2)13-5-3-4-6-14(13)17/h3-9,11H,18H2,1-2H3,(H,19,20). The van der Waals surface area contributed by atoms with Crippen LogP contribution in [-0.2, 0) is 0 Å². The largest absolute Gasteiger partial charge is 0.398 e. The van der Waals surface area contributed by atoms with Crippen LogP contribution in [0.25, 0.3) is 0 Å². The molecule has 0 spiro atoms. The fraction of sp³-hybridized carbons (Fsp3) is 0.188. The molecule has 1 unspecified atom stereocenters. The van der Waals surface area contributed by atoms with Gasteiger partial charge in [0.1, 0.15) is 0 Å². The monoisotopic (exact) mass is 332 g/mol. The minimum atomic E-state index is -0.125. The summed E-state index contributed by atoms with van der Waals surface area (Å²) in [6.45, 7) is 3.87. The average molecular weight is 333 g/mol. The van der Waals surface area contributed by atoms with Crippen molar-refractivity contribution in [3.05, 3.63) is 63.6 Å². The lowest BCUT2D eigenvalue weighted by Gasteiger charge is -2.16. The molecule has 3 N–H and O–H groups in total. The predicted molar refractivity (Wildman–Crippen MR) is 85.6 cm³/mol. The van der Waals surface area contributed by atoms with Crippen LogP contribution in [0.5, 0.6) is 0 Å². The third-order valence-corrected chi connectivity index (χ3v) is 3.98. The lowest BCUT2D eigenvalue weighted by molar-refractivity contribution is 0.0940. The van der Waals surface area contributed by atoms with Crippen molar-refractivity contribution in [2.75, 3.05) is 5.73 Å². The number of nitrogen functional groups attached to an aromatic ring is 1. The van der Waals surface area contributed by atoms with Crippen molar-refractivity contribution in [3.8, 4) is 0 Å². The van der Waals surface area contributed by atoms with Crippen LogP contribution in [0.4, 0.5) is 5.69 Å². The first-order valence-corrected chi connectivity index (χ1v) is 7.19. The number of carbonyl (C=O) groups is 1. The normalized spacial score (nSPS) is 11.9. The van der Waals surface area contributed by atoms with Crippen LogP contribution in [0.3, 0.4) is 0 Å². The number of hydrogen-bond acceptors (Lipinski definition) is 2. The van der Waals surface area contributed by atoms with E-state index in [9.17, 15) is 4.79 Å². The Morgan fingerprint density at radius 2 is 1.95 bits per heavy atom. The summed E-state index contributed by atoms with van der Waals surface area (Å²) < 4.78 is 0.983. The van der Waals surface area contributed by atoms with Gasteiger partial charge in [-0.3, -0.25) is 4.79 Å². The third-order valence-electron chi connectivity index (χ3n) is 3.26. The highest BCUT2D eigenvalue weighted by atomic mass is 79.9. The van der Waals surface area contributed by atoms with Crippen LogP contribution in [0, 0.1) is 6.92 Å². The van der Waals surface area contributed by atoms with Crippen molar-refractivity contribution in [2.45, 2.75) is 19.9 Å². The van der Waals surface area contributed by atoms with Gasteiger partial charge in [-0.2, -0.15) is 0 Å². The summed E-state index contributed by atoms with van der Waals surface area (Å²) in [5.41, 5.74) is 9.06. The van der Waals surface area contributed by atoms with Crippen LogP contribution < -0.4 is 11.1 Å². The van der Waals surface area contributed by atoms with Crippen molar-refractivity contribution in [1.82, 2.24) is 5.32 Å². The minimum Gasteiger partial charge on any atom is -0.398 e. The molecule has 104 valence electrons. The molecule has 2 rings (SSSR count). The second-order valence-electron chi connectivity index (χ2n) is 4.79. The second-order valence-corrected chi connectivity index (χ2v) is 5.64. The van der Waals surface area contributed by atoms with Crippen molar-refractivity contribution in [2.24, 2.45) is 0 Å². The molecule has 20 heavy (non-hydrogen) atoms. The van der Waals surface area contributed by atoms with E-state index in [0.717, 1.165) is 15.6 Å². The van der Waals surface area contributed by atoms with E-state index in [-0.39, 0.29) is 11.9 Å². The first-order chi connectivity index (χ1) is 9.49. The summed E-state index contributed by atoms with van der Waals surface area (Å²) in [6, 6.07) is 13.1. The molecule has 4 heteroatoms. The Balaban J connectivity index is 2.15. The molecule has 2 aromatic rings. The Kier molecular flexibility index (Phi) is 4.45. The van der Waals surface area contributed by atoms with Gasteiger partial charge in [0.2, 0.25) is 0 Å². The van der Waals surface area contributed by atoms with Gasteiger partial charge in [0, 0.05) is 15.7 Å². The van der Waals surface area contributed by atoms with Gasteiger partial charge in [-0.1, -0.05) is 40.2 Å². The molecule has 1 atom stereocenters. The molecular formula is C16H17BrN2O. The van der Waals surface area contributed by atoms with Crippen LogP contribution in [0.2, 0.25) is 0 Å². The average Bonchev–Trinajstić information content (AvgIpc) is 2.42. The summed E-state index contributed by atoms with van der Waals surface area (Å²) in [6.07, 6.45) is 0. The summed E-state index contributed by atoms with van der Waals surface area (Å²) in [7, 11) is 0. The number of halogens is 1. The molecule has 0 aliphatic carbocycles. The van der Waals surface area contributed by atoms with E-state index in [1.54, 1.807) is 12.1 Å². The summed E-state index contributed by atoms with van der Waals surface area (Å²) in [5.74, 6) is -0.125. The number of amides is 1. The first kappa shape index (κ1) is 14.6. The van der Waals surface area contributed by atoms with Gasteiger partial charge in [0.15, 0.2) is 0 Å². The Hall–Kier alpha value is -1.81. The number of carbonyl (C=O) groups excluding carboxylic acids is 1. The number of anilines is 1. The minimum absolute atomic E-state index is 0.0828. The zero-order valence-corrected chi connectivity index (χ0v) is 13.1. The molecule has 0 aliphatic heterocycles. The van der Waals surface area contributed by atoms with E-state index >= 15 is 0 Å². The smallest absolute Gasteiger partial charge is 0.251 e. The van der Waals surface area contributed by atoms with Crippen LogP contribution >= 0.6 is 15.9 Å². The topological polar surface area (TPSA) is 55.1 Å². The van der Waals surface area contributed by atoms with Crippen molar-refractivity contribution < 1.29 is 4.79 Å². The summed E-state index contributed by atoms with van der Waals surface area (Å²) >= 11 is 3.49. The molecule has 1 amide bonds. The zero-order valence-electron chi connectivity index (χ0n) is 11.5. The molecule has 0 saturated carbocycles. The molecule has 0 aliphatic rings. The maximum Gasteiger partial charge on any atom is 0.251 e. The number of aryl methyl sites for hydroxylation is 1. The number of benzene rings is 2. The lowest BCUT2D eigenvalue weighted by atomic mass is 10.1. The SMILES string of the molecule is Cc1ccc(C(=O)NC(C)c2ccccc2Br)cc1N. The highest BCUT2D eigenvalue weighted by Crippen LogP contribution is 2.23. The molecule has 0 heterocycles. The Labute approximate surface area is 127 Å². The Bertz CT molecular complexity index is 640. The predicted octanol–water partition coefficient (Wildman–Crippen LogP) is 3.83. The summed E-state index contributed by atoms with van der Waals surface area (Å²) in [4.78, 5) is 12.2. The second kappa shape index (κ2) is 6.09. The van der Waals surface area contributed by atoms with E-state index in [2.05, 4.69) is 21.2 Å². The van der Waals surface area contributed by atoms with E-state index in [0.29, 0.717) is 11.3 Å². The van der Waals surface area contributed by atoms with Gasteiger partial charge in [-0.15, -0.1) is 0 Å². The molecule has 0 bridgehead atoms. The Morgan fingerprint density at radius 3 is 2.60 bits per heavy atom. The van der Waals surface area contributed by atoms with Crippen molar-refractivity contribution in [1.29, 1.82) is 0 Å². The van der Waals surface area contributed by atoms with E-state index < -0.39 is 0 Å². The molecule has 0 aromatic heterocycles. The van der Waals surface area contributed by atoms with Gasteiger partial charge in [0.25, 0.3) is 5.91 Å². The number of nitrogens with one attached hydrogen (secondary N) is 1. The van der Waals surface area contributed by atoms with Crippen LogP contribution in [0.15, 0.2) is 46.9 Å². The van der Waals surface area contributed by atoms with Gasteiger partial charge in [-0.25, -0.2) is 0 Å². The van der Waals surface area contributed by atoms with E-state index in [1.807, 2.05) is 44.2 Å². The molecule has 0 saturated heterocycles. The number of hydrogen-bond donors (Lipinski definition) is 2. The highest BCUT2D eigenvalue weighted by Gasteiger charge is 2.13. The molecule has 0 radical (unpaired) electrons. The Morgan fingerprint density at radius 1 is 1.25 bits per heavy atom. The van der Waals surface area contributed by atoms with Gasteiger partial charge < -0.3 is 11.1 Å². The molecule has 2 aromatic carbocycles. The first-order valence-electron chi connectivity index (χ1n) is 6.40. The van der Waals surface area contributed by atoms with Crippen LogP contribution in [-0.4, -0.2) is 5.91 Å². The van der Waals surface area contributed by atoms with Gasteiger partial charge in [-0.05, 0) is 43.2 Å². The zero-order chi connectivity index (χ0) is 14.7. The van der Waals surface area contributed by atoms with Gasteiger partial charge in [0.05, 0.1) is 6.04 Å². The maximum atomic E-state index is 12.2. The maximum absolute atomic E-state index is 12.2. The lowest BCUT2D eigenvalue weighted by Crippen LogP contribution is -2.27. The fourth-order valence-corrected chi connectivity index (χ4v) is 2.59. The number of nitrogens with two attached hydrogens (primary N) is 1. The fourth-order valence-electron chi connectivity index (χ4n) is 1.97.